The molecule has 1 amide bonds. The molecule has 1 atom stereocenters. The summed E-state index contributed by atoms with van der Waals surface area (Å²) in [5, 5.41) is 2.92. The number of amides is 1. The first-order chi connectivity index (χ1) is 9.25. The Kier molecular flexibility index (Phi) is 10.7. The van der Waals surface area contributed by atoms with Gasteiger partial charge in [0.25, 0.3) is 0 Å². The third-order valence-corrected chi connectivity index (χ3v) is 6.35. The highest BCUT2D eigenvalue weighted by molar-refractivity contribution is 8.09. The van der Waals surface area contributed by atoms with Crippen LogP contribution in [0.3, 0.4) is 0 Å². The Morgan fingerprint density at radius 2 is 1.80 bits per heavy atom. The van der Waals surface area contributed by atoms with Crippen molar-refractivity contribution in [3.05, 3.63) is 0 Å². The molecule has 1 unspecified atom stereocenters. The van der Waals surface area contributed by atoms with Gasteiger partial charge in [0.05, 0.1) is 6.61 Å². The first-order valence-corrected chi connectivity index (χ1v) is 10.2. The lowest BCUT2D eigenvalue weighted by Gasteiger charge is -2.19. The highest BCUT2D eigenvalue weighted by atomic mass is 32.5. The van der Waals surface area contributed by atoms with Crippen molar-refractivity contribution < 1.29 is 14.2 Å². The average Bonchev–Trinajstić information content (AvgIpc) is 2.31. The Morgan fingerprint density at radius 1 is 1.20 bits per heavy atom. The van der Waals surface area contributed by atoms with Gasteiger partial charge in [-0.25, -0.2) is 0 Å². The fraction of sp³-hybridized carbons (Fsp3) is 0.929. The predicted octanol–water partition coefficient (Wildman–Crippen LogP) is 3.44. The van der Waals surface area contributed by atoms with Crippen molar-refractivity contribution in [3.63, 3.8) is 0 Å². The minimum Gasteiger partial charge on any atom is -0.356 e. The average molecular weight is 323 g/mol. The highest BCUT2D eigenvalue weighted by Crippen LogP contribution is 2.47. The molecular weight excluding hydrogens is 293 g/mol. The van der Waals surface area contributed by atoms with Crippen LogP contribution in [0.25, 0.3) is 0 Å². The van der Waals surface area contributed by atoms with Gasteiger partial charge in [-0.3, -0.25) is 4.79 Å². The second-order valence-corrected chi connectivity index (χ2v) is 9.84. The Morgan fingerprint density at radius 3 is 2.35 bits per heavy atom. The van der Waals surface area contributed by atoms with Crippen LogP contribution in [-0.2, 0) is 21.1 Å². The summed E-state index contributed by atoms with van der Waals surface area (Å²) in [5.74, 6) is 0.551. The molecule has 0 aliphatic carbocycles. The van der Waals surface area contributed by atoms with Crippen molar-refractivity contribution in [1.29, 1.82) is 0 Å². The largest absolute Gasteiger partial charge is 0.356 e. The summed E-state index contributed by atoms with van der Waals surface area (Å²) in [6, 6.07) is 0. The molecule has 0 spiro atoms. The number of carbonyl (C=O) groups excluding carboxylic acids is 1. The number of hydrogen-bond donors (Lipinski definition) is 2. The number of hydrogen-bond acceptors (Lipinski definition) is 3. The Labute approximate surface area is 128 Å². The molecule has 0 saturated heterocycles. The van der Waals surface area contributed by atoms with Gasteiger partial charge in [0.1, 0.15) is 0 Å². The van der Waals surface area contributed by atoms with Crippen LogP contribution in [-0.4, -0.2) is 29.6 Å². The van der Waals surface area contributed by atoms with Gasteiger partial charge >= 0.3 is 0 Å². The Hall–Kier alpha value is 0.0400. The summed E-state index contributed by atoms with van der Waals surface area (Å²) in [6.45, 7) is 6.57. The number of nitrogens with one attached hydrogen (secondary N) is 1. The van der Waals surface area contributed by atoms with E-state index in [4.69, 9.17) is 16.3 Å². The molecule has 120 valence electrons. The van der Waals surface area contributed by atoms with Crippen molar-refractivity contribution in [2.75, 3.05) is 13.2 Å². The molecule has 0 rings (SSSR count). The topological polar surface area (TPSA) is 58.6 Å². The van der Waals surface area contributed by atoms with Crippen LogP contribution in [0.4, 0.5) is 0 Å². The lowest BCUT2D eigenvalue weighted by atomic mass is 10.1. The third-order valence-electron chi connectivity index (χ3n) is 2.92. The van der Waals surface area contributed by atoms with E-state index in [1.807, 2.05) is 27.7 Å². The van der Waals surface area contributed by atoms with Gasteiger partial charge in [0, 0.05) is 18.6 Å². The molecule has 0 radical (unpaired) electrons. The minimum absolute atomic E-state index is 0.0219. The molecule has 0 aliphatic heterocycles. The molecule has 2 N–H and O–H groups in total. The van der Waals surface area contributed by atoms with Gasteiger partial charge in [0.2, 0.25) is 5.91 Å². The van der Waals surface area contributed by atoms with Gasteiger partial charge in [-0.15, -0.1) is 0 Å². The van der Waals surface area contributed by atoms with E-state index in [1.54, 1.807) is 0 Å². The standard InChI is InChI=1S/C14H30NO3PS/c1-12(2)11-14(16)15-9-7-5-6-8-10-18-19(17,20)13(3)4/h12-13H,5-11H2,1-4H3,(H,15,16)(H,17,20). The molecule has 6 heteroatoms. The lowest BCUT2D eigenvalue weighted by molar-refractivity contribution is -0.121. The van der Waals surface area contributed by atoms with E-state index in [9.17, 15) is 9.69 Å². The molecule has 0 saturated carbocycles. The zero-order valence-electron chi connectivity index (χ0n) is 13.2. The van der Waals surface area contributed by atoms with Crippen LogP contribution < -0.4 is 5.32 Å². The van der Waals surface area contributed by atoms with Crippen LogP contribution >= 0.6 is 6.49 Å². The first kappa shape index (κ1) is 20.0. The van der Waals surface area contributed by atoms with Crippen molar-refractivity contribution in [3.8, 4) is 0 Å². The van der Waals surface area contributed by atoms with Gasteiger partial charge in [-0.2, -0.15) is 0 Å². The lowest BCUT2D eigenvalue weighted by Crippen LogP contribution is -2.25. The normalized spacial score (nSPS) is 14.6. The number of unbranched alkanes of at least 4 members (excludes halogenated alkanes) is 3. The maximum atomic E-state index is 11.4. The summed E-state index contributed by atoms with van der Waals surface area (Å²) in [6.07, 6.45) is 4.59. The summed E-state index contributed by atoms with van der Waals surface area (Å²) in [4.78, 5) is 21.2. The minimum atomic E-state index is -2.58. The van der Waals surface area contributed by atoms with Crippen molar-refractivity contribution in [2.45, 2.75) is 65.5 Å². The van der Waals surface area contributed by atoms with Crippen molar-refractivity contribution in [2.24, 2.45) is 5.92 Å². The number of rotatable bonds is 11. The smallest absolute Gasteiger partial charge is 0.220 e. The first-order valence-electron chi connectivity index (χ1n) is 7.49. The van der Waals surface area contributed by atoms with E-state index < -0.39 is 6.49 Å². The molecule has 20 heavy (non-hydrogen) atoms. The molecule has 4 nitrogen and oxygen atoms in total. The monoisotopic (exact) mass is 323 g/mol. The molecule has 0 aromatic carbocycles. The second kappa shape index (κ2) is 10.7. The molecule has 0 heterocycles. The Balaban J connectivity index is 3.42. The molecule has 0 aromatic rings. The zero-order chi connectivity index (χ0) is 15.6. The van der Waals surface area contributed by atoms with Crippen LogP contribution in [0, 0.1) is 5.92 Å². The Bertz CT molecular complexity index is 322. The van der Waals surface area contributed by atoms with Gasteiger partial charge in [0.15, 0.2) is 6.49 Å². The fourth-order valence-electron chi connectivity index (χ4n) is 1.60. The van der Waals surface area contributed by atoms with Gasteiger partial charge < -0.3 is 14.7 Å². The summed E-state index contributed by atoms with van der Waals surface area (Å²) < 4.78 is 5.39. The molecule has 0 fully saturated rings. The van der Waals surface area contributed by atoms with E-state index in [0.717, 1.165) is 32.2 Å². The third kappa shape index (κ3) is 10.8. The van der Waals surface area contributed by atoms with Crippen LogP contribution in [0.15, 0.2) is 0 Å². The second-order valence-electron chi connectivity index (χ2n) is 5.85. The number of carbonyl (C=O) groups is 1. The molecule has 0 aromatic heterocycles. The summed E-state index contributed by atoms with van der Waals surface area (Å²) in [5.41, 5.74) is 0.0219. The molecule has 0 bridgehead atoms. The van der Waals surface area contributed by atoms with Crippen molar-refractivity contribution >= 4 is 24.2 Å². The zero-order valence-corrected chi connectivity index (χ0v) is 14.9. The summed E-state index contributed by atoms with van der Waals surface area (Å²) >= 11 is 5.05. The van der Waals surface area contributed by atoms with Gasteiger partial charge in [-0.05, 0) is 30.6 Å². The van der Waals surface area contributed by atoms with E-state index in [0.29, 0.717) is 18.9 Å². The van der Waals surface area contributed by atoms with Crippen molar-refractivity contribution in [1.82, 2.24) is 5.32 Å². The highest BCUT2D eigenvalue weighted by Gasteiger charge is 2.17. The van der Waals surface area contributed by atoms with Gasteiger partial charge in [-0.1, -0.05) is 40.5 Å². The van der Waals surface area contributed by atoms with E-state index in [1.165, 1.54) is 0 Å². The van der Waals surface area contributed by atoms with E-state index in [-0.39, 0.29) is 11.6 Å². The quantitative estimate of drug-likeness (QED) is 0.452. The van der Waals surface area contributed by atoms with Crippen LogP contribution in [0.1, 0.15) is 59.8 Å². The fourth-order valence-corrected chi connectivity index (χ4v) is 2.51. The van der Waals surface area contributed by atoms with Crippen LogP contribution in [0.2, 0.25) is 0 Å². The maximum absolute atomic E-state index is 11.4. The SMILES string of the molecule is CC(C)CC(=O)NCCCCCCOP(O)(=S)C(C)C. The van der Waals surface area contributed by atoms with Crippen LogP contribution in [0.5, 0.6) is 0 Å². The van der Waals surface area contributed by atoms with E-state index in [2.05, 4.69) is 5.32 Å². The predicted molar refractivity (Wildman–Crippen MR) is 88.5 cm³/mol. The maximum Gasteiger partial charge on any atom is 0.220 e. The van der Waals surface area contributed by atoms with E-state index >= 15 is 0 Å². The summed E-state index contributed by atoms with van der Waals surface area (Å²) in [7, 11) is 0. The molecule has 0 aliphatic rings. The molecular formula is C14H30NO3PS.